The molecule has 2 heterocycles. The molecule has 0 saturated carbocycles. The van der Waals surface area contributed by atoms with Gasteiger partial charge >= 0.3 is 0 Å². The molecule has 1 saturated heterocycles. The van der Waals surface area contributed by atoms with Crippen LogP contribution in [-0.4, -0.2) is 34.9 Å². The minimum Gasteiger partial charge on any atom is -0.363 e. The standard InChI is InChI=1S/C14H23N3O/c1-3-11(2)16-10-14(18)17-9-5-7-13(17)12-6-4-8-15-12/h4,6,8,11,13,15-16H,3,5,7,9-10H2,1-2H3. The summed E-state index contributed by atoms with van der Waals surface area (Å²) >= 11 is 0. The first-order chi connectivity index (χ1) is 8.72. The molecule has 0 aromatic carbocycles. The van der Waals surface area contributed by atoms with Gasteiger partial charge in [-0.15, -0.1) is 0 Å². The van der Waals surface area contributed by atoms with Gasteiger partial charge in [0.2, 0.25) is 5.91 Å². The molecule has 0 aliphatic carbocycles. The van der Waals surface area contributed by atoms with Gasteiger partial charge in [0, 0.05) is 24.5 Å². The third-order valence-electron chi connectivity index (χ3n) is 3.77. The van der Waals surface area contributed by atoms with E-state index in [4.69, 9.17) is 0 Å². The van der Waals surface area contributed by atoms with E-state index in [0.29, 0.717) is 12.6 Å². The fourth-order valence-electron chi connectivity index (χ4n) is 2.45. The number of aromatic amines is 1. The number of likely N-dealkylation sites (tertiary alicyclic amines) is 1. The van der Waals surface area contributed by atoms with Crippen molar-refractivity contribution >= 4 is 5.91 Å². The maximum absolute atomic E-state index is 12.2. The highest BCUT2D eigenvalue weighted by Crippen LogP contribution is 2.30. The summed E-state index contributed by atoms with van der Waals surface area (Å²) in [6, 6.07) is 4.71. The van der Waals surface area contributed by atoms with Gasteiger partial charge in [-0.3, -0.25) is 4.79 Å². The van der Waals surface area contributed by atoms with E-state index in [0.717, 1.165) is 31.5 Å². The van der Waals surface area contributed by atoms with Gasteiger partial charge in [-0.1, -0.05) is 6.92 Å². The first-order valence-electron chi connectivity index (χ1n) is 6.88. The number of rotatable bonds is 5. The van der Waals surface area contributed by atoms with Gasteiger partial charge in [-0.2, -0.15) is 0 Å². The summed E-state index contributed by atoms with van der Waals surface area (Å²) in [5.74, 6) is 0.215. The van der Waals surface area contributed by atoms with E-state index in [9.17, 15) is 4.79 Å². The minimum absolute atomic E-state index is 0.215. The summed E-state index contributed by atoms with van der Waals surface area (Å²) in [6.07, 6.45) is 5.13. The van der Waals surface area contributed by atoms with Gasteiger partial charge < -0.3 is 15.2 Å². The number of H-pyrrole nitrogens is 1. The van der Waals surface area contributed by atoms with Crippen LogP contribution in [0.4, 0.5) is 0 Å². The molecule has 2 N–H and O–H groups in total. The van der Waals surface area contributed by atoms with Crippen molar-refractivity contribution in [2.45, 2.75) is 45.2 Å². The summed E-state index contributed by atoms with van der Waals surface area (Å²) in [5, 5.41) is 3.27. The molecule has 2 unspecified atom stereocenters. The van der Waals surface area contributed by atoms with Crippen LogP contribution in [0.2, 0.25) is 0 Å². The molecule has 0 bridgehead atoms. The molecular weight excluding hydrogens is 226 g/mol. The SMILES string of the molecule is CCC(C)NCC(=O)N1CCCC1c1ccc[nH]1. The highest BCUT2D eigenvalue weighted by atomic mass is 16.2. The number of nitrogens with one attached hydrogen (secondary N) is 2. The lowest BCUT2D eigenvalue weighted by Crippen LogP contribution is -2.40. The molecule has 1 aliphatic rings. The molecule has 1 aromatic heterocycles. The minimum atomic E-state index is 0.215. The van der Waals surface area contributed by atoms with E-state index in [-0.39, 0.29) is 11.9 Å². The van der Waals surface area contributed by atoms with Crippen molar-refractivity contribution in [1.29, 1.82) is 0 Å². The van der Waals surface area contributed by atoms with Crippen molar-refractivity contribution in [3.05, 3.63) is 24.0 Å². The summed E-state index contributed by atoms with van der Waals surface area (Å²) in [6.45, 7) is 5.57. The molecule has 2 atom stereocenters. The molecular formula is C14H23N3O. The normalized spacial score (nSPS) is 21.2. The number of hydrogen-bond acceptors (Lipinski definition) is 2. The first kappa shape index (κ1) is 13.1. The van der Waals surface area contributed by atoms with Crippen LogP contribution < -0.4 is 5.32 Å². The first-order valence-corrected chi connectivity index (χ1v) is 6.88. The Kier molecular flexibility index (Phi) is 4.42. The molecule has 0 spiro atoms. The number of hydrogen-bond donors (Lipinski definition) is 2. The number of aromatic nitrogens is 1. The van der Waals surface area contributed by atoms with Gasteiger partial charge in [0.1, 0.15) is 0 Å². The number of amides is 1. The molecule has 1 aliphatic heterocycles. The Bertz CT molecular complexity index is 374. The predicted octanol–water partition coefficient (Wildman–Crippen LogP) is 2.07. The zero-order valence-electron chi connectivity index (χ0n) is 11.3. The quantitative estimate of drug-likeness (QED) is 0.839. The van der Waals surface area contributed by atoms with Crippen molar-refractivity contribution in [3.8, 4) is 0 Å². The van der Waals surface area contributed by atoms with Gasteiger partial charge in [-0.25, -0.2) is 0 Å². The van der Waals surface area contributed by atoms with E-state index >= 15 is 0 Å². The molecule has 1 aromatic rings. The topological polar surface area (TPSA) is 48.1 Å². The maximum Gasteiger partial charge on any atom is 0.237 e. The highest BCUT2D eigenvalue weighted by molar-refractivity contribution is 5.79. The van der Waals surface area contributed by atoms with E-state index in [2.05, 4.69) is 30.2 Å². The van der Waals surface area contributed by atoms with E-state index in [1.54, 1.807) is 0 Å². The molecule has 4 heteroatoms. The second-order valence-corrected chi connectivity index (χ2v) is 5.06. The Morgan fingerprint density at radius 2 is 2.50 bits per heavy atom. The number of carbonyl (C=O) groups is 1. The van der Waals surface area contributed by atoms with Crippen LogP contribution >= 0.6 is 0 Å². The molecule has 4 nitrogen and oxygen atoms in total. The fraction of sp³-hybridized carbons (Fsp3) is 0.643. The van der Waals surface area contributed by atoms with Crippen LogP contribution in [-0.2, 0) is 4.79 Å². The molecule has 18 heavy (non-hydrogen) atoms. The Labute approximate surface area is 109 Å². The van der Waals surface area contributed by atoms with Crippen LogP contribution in [0.25, 0.3) is 0 Å². The van der Waals surface area contributed by atoms with Crippen molar-refractivity contribution in [1.82, 2.24) is 15.2 Å². The van der Waals surface area contributed by atoms with Crippen molar-refractivity contribution in [2.24, 2.45) is 0 Å². The maximum atomic E-state index is 12.2. The van der Waals surface area contributed by atoms with Crippen molar-refractivity contribution in [3.63, 3.8) is 0 Å². The number of nitrogens with zero attached hydrogens (tertiary/aromatic N) is 1. The summed E-state index contributed by atoms with van der Waals surface area (Å²) < 4.78 is 0. The van der Waals surface area contributed by atoms with Gasteiger partial charge in [-0.05, 0) is 38.3 Å². The lowest BCUT2D eigenvalue weighted by molar-refractivity contribution is -0.131. The van der Waals surface area contributed by atoms with Crippen LogP contribution in [0, 0.1) is 0 Å². The molecule has 2 rings (SSSR count). The lowest BCUT2D eigenvalue weighted by Gasteiger charge is -2.25. The Hall–Kier alpha value is -1.29. The van der Waals surface area contributed by atoms with E-state index < -0.39 is 0 Å². The molecule has 100 valence electrons. The third-order valence-corrected chi connectivity index (χ3v) is 3.77. The van der Waals surface area contributed by atoms with E-state index in [1.165, 1.54) is 0 Å². The summed E-state index contributed by atoms with van der Waals surface area (Å²) in [7, 11) is 0. The monoisotopic (exact) mass is 249 g/mol. The predicted molar refractivity (Wildman–Crippen MR) is 72.2 cm³/mol. The second kappa shape index (κ2) is 6.05. The van der Waals surface area contributed by atoms with Crippen LogP contribution in [0.5, 0.6) is 0 Å². The van der Waals surface area contributed by atoms with Gasteiger partial charge in [0.05, 0.1) is 12.6 Å². The lowest BCUT2D eigenvalue weighted by atomic mass is 10.1. The van der Waals surface area contributed by atoms with E-state index in [1.807, 2.05) is 17.2 Å². The van der Waals surface area contributed by atoms with Gasteiger partial charge in [0.25, 0.3) is 0 Å². The summed E-state index contributed by atoms with van der Waals surface area (Å²) in [4.78, 5) is 17.4. The van der Waals surface area contributed by atoms with Gasteiger partial charge in [0.15, 0.2) is 0 Å². The molecule has 0 radical (unpaired) electrons. The van der Waals surface area contributed by atoms with Crippen molar-refractivity contribution in [2.75, 3.05) is 13.1 Å². The second-order valence-electron chi connectivity index (χ2n) is 5.06. The Balaban J connectivity index is 1.93. The third kappa shape index (κ3) is 2.93. The Morgan fingerprint density at radius 1 is 1.67 bits per heavy atom. The Morgan fingerprint density at radius 3 is 3.17 bits per heavy atom. The largest absolute Gasteiger partial charge is 0.363 e. The highest BCUT2D eigenvalue weighted by Gasteiger charge is 2.30. The zero-order valence-corrected chi connectivity index (χ0v) is 11.3. The smallest absolute Gasteiger partial charge is 0.237 e. The van der Waals surface area contributed by atoms with Crippen molar-refractivity contribution < 1.29 is 4.79 Å². The average Bonchev–Trinajstić information content (AvgIpc) is 3.04. The molecule has 1 fully saturated rings. The van der Waals surface area contributed by atoms with Crippen LogP contribution in [0.1, 0.15) is 44.8 Å². The summed E-state index contributed by atoms with van der Waals surface area (Å²) in [5.41, 5.74) is 1.16. The van der Waals surface area contributed by atoms with Crippen LogP contribution in [0.3, 0.4) is 0 Å². The molecule has 1 amide bonds. The number of carbonyl (C=O) groups excluding carboxylic acids is 1. The van der Waals surface area contributed by atoms with Crippen LogP contribution in [0.15, 0.2) is 18.3 Å². The fourth-order valence-corrected chi connectivity index (χ4v) is 2.45. The zero-order chi connectivity index (χ0) is 13.0. The average molecular weight is 249 g/mol.